The summed E-state index contributed by atoms with van der Waals surface area (Å²) in [5, 5.41) is 12.0. The largest absolute Gasteiger partial charge is 0.493 e. The predicted molar refractivity (Wildman–Crippen MR) is 107 cm³/mol. The number of para-hydroxylation sites is 1. The summed E-state index contributed by atoms with van der Waals surface area (Å²) in [5.41, 5.74) is 3.72. The number of rotatable bonds is 7. The molecule has 0 unspecified atom stereocenters. The van der Waals surface area contributed by atoms with Crippen molar-refractivity contribution in [2.24, 2.45) is 0 Å². The second kappa shape index (κ2) is 8.67. The average molecular weight is 379 g/mol. The van der Waals surface area contributed by atoms with E-state index >= 15 is 0 Å². The highest BCUT2D eigenvalue weighted by Crippen LogP contribution is 2.39. The van der Waals surface area contributed by atoms with Crippen LogP contribution in [0.1, 0.15) is 16.8 Å². The second-order valence-electron chi connectivity index (χ2n) is 6.17. The fourth-order valence-corrected chi connectivity index (χ4v) is 3.77. The van der Waals surface area contributed by atoms with Gasteiger partial charge in [0.25, 0.3) is 0 Å². The van der Waals surface area contributed by atoms with Crippen molar-refractivity contribution in [1.82, 2.24) is 9.88 Å². The molecular weight excluding hydrogens is 358 g/mol. The van der Waals surface area contributed by atoms with E-state index in [2.05, 4.69) is 16.3 Å². The topological polar surface area (TPSA) is 58.4 Å². The molecule has 3 aromatic rings. The number of hydrogen-bond acceptors (Lipinski definition) is 6. The van der Waals surface area contributed by atoms with Gasteiger partial charge in [-0.05, 0) is 36.9 Å². The third kappa shape index (κ3) is 4.45. The minimum absolute atomic E-state index is 0.682. The number of nitrogens with zero attached hydrogens (tertiary/aromatic N) is 3. The van der Waals surface area contributed by atoms with Crippen LogP contribution in [0.5, 0.6) is 11.5 Å². The van der Waals surface area contributed by atoms with Gasteiger partial charge < -0.3 is 9.47 Å². The number of aromatic nitrogens is 1. The molecule has 0 atom stereocenters. The summed E-state index contributed by atoms with van der Waals surface area (Å²) in [7, 11) is 5.31. The summed E-state index contributed by atoms with van der Waals surface area (Å²) in [6, 6.07) is 15.7. The van der Waals surface area contributed by atoms with E-state index in [1.54, 1.807) is 25.6 Å². The molecule has 6 heteroatoms. The van der Waals surface area contributed by atoms with Gasteiger partial charge in [0.2, 0.25) is 0 Å². The number of hydrogen-bond donors (Lipinski definition) is 0. The van der Waals surface area contributed by atoms with Crippen LogP contribution in [0.2, 0.25) is 0 Å². The maximum atomic E-state index is 9.03. The van der Waals surface area contributed by atoms with Crippen LogP contribution in [0.15, 0.2) is 47.8 Å². The number of methoxy groups -OCH3 is 2. The molecule has 0 saturated heterocycles. The normalized spacial score (nSPS) is 10.6. The van der Waals surface area contributed by atoms with Crippen molar-refractivity contribution in [3.63, 3.8) is 0 Å². The van der Waals surface area contributed by atoms with Crippen molar-refractivity contribution in [3.8, 4) is 28.1 Å². The van der Waals surface area contributed by atoms with Gasteiger partial charge >= 0.3 is 0 Å². The highest BCUT2D eigenvalue weighted by Gasteiger charge is 2.15. The Morgan fingerprint density at radius 3 is 2.67 bits per heavy atom. The molecule has 3 rings (SSSR count). The van der Waals surface area contributed by atoms with E-state index in [4.69, 9.17) is 19.7 Å². The summed E-state index contributed by atoms with van der Waals surface area (Å²) in [4.78, 5) is 6.95. The summed E-state index contributed by atoms with van der Waals surface area (Å²) in [6.45, 7) is 1.48. The van der Waals surface area contributed by atoms with Crippen molar-refractivity contribution in [1.29, 1.82) is 5.26 Å². The molecule has 1 aromatic heterocycles. The minimum Gasteiger partial charge on any atom is -0.493 e. The Bertz CT molecular complexity index is 962. The van der Waals surface area contributed by atoms with Crippen LogP contribution in [0, 0.1) is 11.3 Å². The molecule has 0 aliphatic carbocycles. The van der Waals surface area contributed by atoms with Gasteiger partial charge in [0.05, 0.1) is 37.1 Å². The van der Waals surface area contributed by atoms with Gasteiger partial charge in [-0.15, -0.1) is 11.3 Å². The summed E-state index contributed by atoms with van der Waals surface area (Å²) in [5.74, 6) is 1.39. The van der Waals surface area contributed by atoms with Crippen molar-refractivity contribution in [2.45, 2.75) is 13.1 Å². The lowest BCUT2D eigenvalue weighted by atomic mass is 10.1. The van der Waals surface area contributed by atoms with E-state index < -0.39 is 0 Å². The molecule has 0 spiro atoms. The maximum Gasteiger partial charge on any atom is 0.170 e. The molecule has 0 fully saturated rings. The first-order chi connectivity index (χ1) is 13.1. The molecule has 1 heterocycles. The summed E-state index contributed by atoms with van der Waals surface area (Å²) >= 11 is 1.59. The summed E-state index contributed by atoms with van der Waals surface area (Å²) in [6.07, 6.45) is 0. The Morgan fingerprint density at radius 1 is 1.11 bits per heavy atom. The third-order valence-corrected chi connectivity index (χ3v) is 5.05. The molecule has 27 heavy (non-hydrogen) atoms. The maximum absolute atomic E-state index is 9.03. The zero-order valence-electron chi connectivity index (χ0n) is 15.6. The van der Waals surface area contributed by atoms with E-state index in [0.29, 0.717) is 17.1 Å². The van der Waals surface area contributed by atoms with Crippen molar-refractivity contribution >= 4 is 11.3 Å². The Balaban J connectivity index is 1.74. The zero-order chi connectivity index (χ0) is 19.2. The van der Waals surface area contributed by atoms with Crippen LogP contribution in [-0.4, -0.2) is 31.2 Å². The van der Waals surface area contributed by atoms with E-state index in [9.17, 15) is 0 Å². The van der Waals surface area contributed by atoms with Gasteiger partial charge in [-0.3, -0.25) is 4.90 Å². The predicted octanol–water partition coefficient (Wildman–Crippen LogP) is 4.33. The quantitative estimate of drug-likeness (QED) is 0.611. The number of ether oxygens (including phenoxy) is 2. The van der Waals surface area contributed by atoms with Crippen molar-refractivity contribution < 1.29 is 9.47 Å². The van der Waals surface area contributed by atoms with Crippen LogP contribution in [0.4, 0.5) is 0 Å². The first-order valence-corrected chi connectivity index (χ1v) is 9.36. The molecule has 5 nitrogen and oxygen atoms in total. The van der Waals surface area contributed by atoms with Gasteiger partial charge in [0.15, 0.2) is 11.5 Å². The Hall–Kier alpha value is -2.88. The molecule has 0 N–H and O–H groups in total. The molecule has 0 amide bonds. The molecule has 0 bridgehead atoms. The van der Waals surface area contributed by atoms with E-state index in [0.717, 1.165) is 34.9 Å². The van der Waals surface area contributed by atoms with Gasteiger partial charge in [0, 0.05) is 18.5 Å². The third-order valence-electron chi connectivity index (χ3n) is 4.13. The standard InChI is InChI=1S/C21H21N3O2S/c1-24(12-16-7-4-6-15(10-16)11-22)13-17-14-27-21(23-17)18-8-5-9-19(25-2)20(18)26-3/h4-10,14H,12-13H2,1-3H3. The van der Waals surface area contributed by atoms with Crippen LogP contribution in [-0.2, 0) is 13.1 Å². The first-order valence-electron chi connectivity index (χ1n) is 8.48. The molecule has 0 aliphatic rings. The molecule has 0 saturated carbocycles. The van der Waals surface area contributed by atoms with Gasteiger partial charge in [-0.25, -0.2) is 4.98 Å². The highest BCUT2D eigenvalue weighted by molar-refractivity contribution is 7.13. The van der Waals surface area contributed by atoms with E-state index in [1.165, 1.54) is 0 Å². The SMILES string of the molecule is COc1cccc(-c2nc(CN(C)Cc3cccc(C#N)c3)cs2)c1OC. The first kappa shape index (κ1) is 18.9. The molecule has 2 aromatic carbocycles. The molecule has 0 aliphatic heterocycles. The highest BCUT2D eigenvalue weighted by atomic mass is 32.1. The molecule has 0 radical (unpaired) electrons. The Labute approximate surface area is 163 Å². The molecular formula is C21H21N3O2S. The number of nitriles is 1. The zero-order valence-corrected chi connectivity index (χ0v) is 16.4. The fourth-order valence-electron chi connectivity index (χ4n) is 2.94. The lowest BCUT2D eigenvalue weighted by molar-refractivity contribution is 0.316. The Kier molecular flexibility index (Phi) is 6.07. The lowest BCUT2D eigenvalue weighted by Crippen LogP contribution is -2.17. The summed E-state index contributed by atoms with van der Waals surface area (Å²) < 4.78 is 10.9. The van der Waals surface area contributed by atoms with Crippen molar-refractivity contribution in [2.75, 3.05) is 21.3 Å². The second-order valence-corrected chi connectivity index (χ2v) is 7.03. The van der Waals surface area contributed by atoms with Crippen molar-refractivity contribution in [3.05, 3.63) is 64.7 Å². The van der Waals surface area contributed by atoms with Gasteiger partial charge in [-0.2, -0.15) is 5.26 Å². The molecule has 138 valence electrons. The smallest absolute Gasteiger partial charge is 0.170 e. The Morgan fingerprint density at radius 2 is 1.93 bits per heavy atom. The van der Waals surface area contributed by atoms with Crippen LogP contribution >= 0.6 is 11.3 Å². The van der Waals surface area contributed by atoms with E-state index in [-0.39, 0.29) is 0 Å². The van der Waals surface area contributed by atoms with Crippen LogP contribution < -0.4 is 9.47 Å². The lowest BCUT2D eigenvalue weighted by Gasteiger charge is -2.15. The average Bonchev–Trinajstić information content (AvgIpc) is 3.15. The minimum atomic E-state index is 0.682. The number of benzene rings is 2. The monoisotopic (exact) mass is 379 g/mol. The number of thiazole rings is 1. The van der Waals surface area contributed by atoms with Gasteiger partial charge in [-0.1, -0.05) is 18.2 Å². The van der Waals surface area contributed by atoms with Crippen LogP contribution in [0.25, 0.3) is 10.6 Å². The van der Waals surface area contributed by atoms with Crippen LogP contribution in [0.3, 0.4) is 0 Å². The fraction of sp³-hybridized carbons (Fsp3) is 0.238. The van der Waals surface area contributed by atoms with E-state index in [1.807, 2.05) is 49.5 Å². The van der Waals surface area contributed by atoms with Gasteiger partial charge in [0.1, 0.15) is 5.01 Å².